The van der Waals surface area contributed by atoms with E-state index in [-0.39, 0.29) is 32.1 Å². The van der Waals surface area contributed by atoms with Crippen LogP contribution in [0.15, 0.2) is 103 Å². The minimum absolute atomic E-state index is 0. The van der Waals surface area contributed by atoms with Crippen molar-refractivity contribution in [3.63, 3.8) is 0 Å². The summed E-state index contributed by atoms with van der Waals surface area (Å²) < 4.78 is 36.7. The standard InChI is InChI=1S/C15H14BrF.C9H13BO2.C6H3BrFI.C2H3O2.C2H4O2.Pd/c1-2-3-11-4-6-12(7-5-11)14-9-8-13(16)10-15(14)17;1-2-3-8-4-6-9(7-5-8)10(11)12;7-4-1-2-6(9)5(8)3-4;1-2-3-4-2;1-2(3)4;/h4-10H,2-3H2,1H3;4-7,11-12H,2-3H2,1H3;1-3H;1H3;1H3,(H,3,4);/q;;;-1;;. The third-order valence-electron chi connectivity index (χ3n) is 5.68. The zero-order valence-corrected chi connectivity index (χ0v) is 33.1. The Bertz CT molecular complexity index is 1550. The number of benzene rings is 4. The van der Waals surface area contributed by atoms with Crippen LogP contribution in [0.4, 0.5) is 8.78 Å². The molecule has 0 saturated heterocycles. The van der Waals surface area contributed by atoms with Gasteiger partial charge >= 0.3 is 7.12 Å². The normalized spacial score (nSPS) is 9.51. The first-order chi connectivity index (χ1) is 21.8. The Labute approximate surface area is 319 Å². The molecule has 47 heavy (non-hydrogen) atoms. The molecule has 0 atom stereocenters. The summed E-state index contributed by atoms with van der Waals surface area (Å²) in [6.07, 6.45) is 4.36. The fraction of sp³-hybridized carbons (Fsp3) is 0.235. The number of aliphatic carboxylic acids is 1. The van der Waals surface area contributed by atoms with Crippen LogP contribution in [0.25, 0.3) is 11.1 Å². The zero-order valence-electron chi connectivity index (χ0n) is 26.3. The first-order valence-electron chi connectivity index (χ1n) is 14.2. The Morgan fingerprint density at radius 1 is 0.809 bits per heavy atom. The molecule has 0 aliphatic carbocycles. The van der Waals surface area contributed by atoms with Crippen LogP contribution in [-0.4, -0.2) is 28.2 Å². The Balaban J connectivity index is 0.000000618. The van der Waals surface area contributed by atoms with Crippen LogP contribution in [0.1, 0.15) is 50.7 Å². The molecular weight excluding hydrogens is 946 g/mol. The summed E-state index contributed by atoms with van der Waals surface area (Å²) in [5.74, 6) is -0.535. The van der Waals surface area contributed by atoms with E-state index >= 15 is 0 Å². The van der Waals surface area contributed by atoms with Gasteiger partial charge in [0.2, 0.25) is 0 Å². The fourth-order valence-electron chi connectivity index (χ4n) is 3.52. The molecule has 5 rings (SSSR count). The number of hydrogen-bond donors (Lipinski definition) is 3. The van der Waals surface area contributed by atoms with Crippen LogP contribution in [-0.2, 0) is 38.1 Å². The Kier molecular flexibility index (Phi) is 24.0. The van der Waals surface area contributed by atoms with E-state index in [1.807, 2.05) is 59.0 Å². The molecule has 0 bridgehead atoms. The maximum Gasteiger partial charge on any atom is 0.488 e. The van der Waals surface area contributed by atoms with Crippen LogP contribution < -0.4 is 5.46 Å². The third-order valence-corrected chi connectivity index (χ3v) is 7.54. The van der Waals surface area contributed by atoms with Crippen molar-refractivity contribution in [3.05, 3.63) is 126 Å². The molecule has 0 saturated carbocycles. The smallest absolute Gasteiger partial charge is 0.481 e. The number of carboxylic acid groups (broad SMARTS) is 1. The second kappa shape index (κ2) is 25.1. The Morgan fingerprint density at radius 3 is 1.55 bits per heavy atom. The van der Waals surface area contributed by atoms with Crippen molar-refractivity contribution in [2.24, 2.45) is 0 Å². The van der Waals surface area contributed by atoms with Crippen molar-refractivity contribution in [3.8, 4) is 11.1 Å². The van der Waals surface area contributed by atoms with Gasteiger partial charge in [-0.25, -0.2) is 8.78 Å². The summed E-state index contributed by atoms with van der Waals surface area (Å²) in [5.41, 5.74) is 4.66. The molecule has 6 nitrogen and oxygen atoms in total. The minimum Gasteiger partial charge on any atom is -0.481 e. The van der Waals surface area contributed by atoms with Gasteiger partial charge in [-0.3, -0.25) is 4.79 Å². The monoisotopic (exact) mass is 981 g/mol. The van der Waals surface area contributed by atoms with E-state index in [0.717, 1.165) is 47.1 Å². The van der Waals surface area contributed by atoms with Crippen molar-refractivity contribution < 1.29 is 58.3 Å². The summed E-state index contributed by atoms with van der Waals surface area (Å²) in [6.45, 7) is 7.11. The van der Waals surface area contributed by atoms with Crippen molar-refractivity contribution in [1.29, 1.82) is 0 Å². The van der Waals surface area contributed by atoms with Crippen LogP contribution in [0, 0.1) is 22.1 Å². The molecular formula is C34H37BBr2F2IO6Pd-. The molecule has 13 heteroatoms. The van der Waals surface area contributed by atoms with Crippen molar-refractivity contribution in [1.82, 2.24) is 0 Å². The molecule has 3 N–H and O–H groups in total. The van der Waals surface area contributed by atoms with Crippen molar-refractivity contribution in [2.45, 2.75) is 53.4 Å². The number of aryl methyl sites for hydroxylation is 3. The molecule has 0 aliphatic heterocycles. The molecule has 1 heterocycles. The summed E-state index contributed by atoms with van der Waals surface area (Å²) in [7, 11) is -1.35. The zero-order chi connectivity index (χ0) is 34.6. The molecule has 258 valence electrons. The molecule has 0 spiro atoms. The predicted octanol–water partition coefficient (Wildman–Crippen LogP) is 9.71. The molecule has 1 aromatic heterocycles. The van der Waals surface area contributed by atoms with Crippen molar-refractivity contribution >= 4 is 73.0 Å². The average molecular weight is 984 g/mol. The van der Waals surface area contributed by atoms with Crippen LogP contribution >= 0.6 is 54.5 Å². The van der Waals surface area contributed by atoms with E-state index in [1.165, 1.54) is 23.3 Å². The van der Waals surface area contributed by atoms with E-state index in [0.29, 0.717) is 20.6 Å². The quantitative estimate of drug-likeness (QED) is 0.0515. The van der Waals surface area contributed by atoms with Gasteiger partial charge in [0, 0.05) is 51.4 Å². The second-order valence-corrected chi connectivity index (χ2v) is 12.7. The van der Waals surface area contributed by atoms with Crippen LogP contribution in [0.3, 0.4) is 0 Å². The Morgan fingerprint density at radius 2 is 1.21 bits per heavy atom. The Hall–Kier alpha value is -1.98. The maximum absolute atomic E-state index is 13.8. The largest absolute Gasteiger partial charge is 0.488 e. The van der Waals surface area contributed by atoms with Gasteiger partial charge in [-0.05, 0) is 87.9 Å². The summed E-state index contributed by atoms with van der Waals surface area (Å²) >= 11 is 8.36. The predicted molar refractivity (Wildman–Crippen MR) is 195 cm³/mol. The minimum atomic E-state index is -1.35. The molecule has 4 aromatic carbocycles. The van der Waals surface area contributed by atoms with Gasteiger partial charge < -0.3 is 24.3 Å². The summed E-state index contributed by atoms with van der Waals surface area (Å²) in [4.78, 5) is 9.00. The van der Waals surface area contributed by atoms with Gasteiger partial charge in [-0.1, -0.05) is 113 Å². The van der Waals surface area contributed by atoms with Gasteiger partial charge in [0.25, 0.3) is 5.97 Å². The van der Waals surface area contributed by atoms with E-state index < -0.39 is 13.1 Å². The average Bonchev–Trinajstić information content (AvgIpc) is 3.79. The molecule has 0 fully saturated rings. The third kappa shape index (κ3) is 20.9. The van der Waals surface area contributed by atoms with Crippen LogP contribution in [0.2, 0.25) is 0 Å². The summed E-state index contributed by atoms with van der Waals surface area (Å²) in [6, 6.07) is 25.6. The molecule has 0 radical (unpaired) electrons. The molecule has 5 aromatic rings. The van der Waals surface area contributed by atoms with E-state index in [2.05, 4.69) is 67.0 Å². The fourth-order valence-corrected chi connectivity index (χ4v) is 4.52. The van der Waals surface area contributed by atoms with Gasteiger partial charge in [-0.15, -0.1) is 6.92 Å². The van der Waals surface area contributed by atoms with E-state index in [1.54, 1.807) is 31.2 Å². The first-order valence-corrected chi connectivity index (χ1v) is 16.9. The van der Waals surface area contributed by atoms with Gasteiger partial charge in [0.05, 0.1) is 0 Å². The summed E-state index contributed by atoms with van der Waals surface area (Å²) in [5, 5.41) is 25.0. The van der Waals surface area contributed by atoms with Gasteiger partial charge in [0.15, 0.2) is 0 Å². The molecule has 0 aliphatic rings. The first kappa shape index (κ1) is 45.0. The molecule has 0 unspecified atom stereocenters. The van der Waals surface area contributed by atoms with Gasteiger partial charge in [-0.2, -0.15) is 0 Å². The second-order valence-electron chi connectivity index (χ2n) is 9.67. The van der Waals surface area contributed by atoms with Crippen LogP contribution in [0.5, 0.6) is 0 Å². The number of rotatable bonds is 6. The van der Waals surface area contributed by atoms with E-state index in [4.69, 9.17) is 19.9 Å². The number of carbonyl (C=O) groups is 1. The topological polar surface area (TPSA) is 104 Å². The number of halogens is 5. The SMILES string of the molecule is CC(=O)O.CCCc1ccc(-c2ccc(Br)cc2F)cc1.CCCc1ccc(B(O)O)cc1.C[c-]1oo1.Fc1cc(Br)ccc1I.[Pd]. The van der Waals surface area contributed by atoms with Gasteiger partial charge in [0.1, 0.15) is 11.6 Å². The van der Waals surface area contributed by atoms with E-state index in [9.17, 15) is 8.78 Å². The number of hydrogen-bond acceptors (Lipinski definition) is 5. The number of carboxylic acids is 1. The maximum atomic E-state index is 13.8. The van der Waals surface area contributed by atoms with Crippen molar-refractivity contribution in [2.75, 3.05) is 0 Å². The molecule has 0 amide bonds.